The molecule has 2 N–H and O–H groups in total. The molecule has 1 amide bonds. The van der Waals surface area contributed by atoms with Gasteiger partial charge >= 0.3 is 0 Å². The number of piperazine rings is 1. The SMILES string of the molecule is C[C@@H](C(=O)N1CCN(c2ccc(S(=O)(=O)Nc3nccs3)cc2)C[C@H]1CO)n1ccc2c(F)cccc21. The van der Waals surface area contributed by atoms with Gasteiger partial charge in [-0.25, -0.2) is 17.8 Å². The van der Waals surface area contributed by atoms with Crippen molar-refractivity contribution in [1.29, 1.82) is 0 Å². The fourth-order valence-electron chi connectivity index (χ4n) is 4.67. The van der Waals surface area contributed by atoms with Gasteiger partial charge in [-0.1, -0.05) is 6.07 Å². The van der Waals surface area contributed by atoms with Gasteiger partial charge in [-0.2, -0.15) is 0 Å². The molecule has 0 unspecified atom stereocenters. The van der Waals surface area contributed by atoms with Gasteiger partial charge in [0, 0.05) is 48.5 Å². The van der Waals surface area contributed by atoms with Gasteiger partial charge in [0.15, 0.2) is 5.13 Å². The quantitative estimate of drug-likeness (QED) is 0.370. The molecule has 0 spiro atoms. The number of carbonyl (C=O) groups is 1. The number of hydrogen-bond acceptors (Lipinski definition) is 7. The molecular formula is C25H26FN5O4S2. The number of aliphatic hydroxyl groups is 1. The zero-order chi connectivity index (χ0) is 26.2. The minimum Gasteiger partial charge on any atom is -0.394 e. The fourth-order valence-corrected chi connectivity index (χ4v) is 6.46. The molecule has 4 aromatic rings. The van der Waals surface area contributed by atoms with Crippen LogP contribution in [-0.2, 0) is 14.8 Å². The first kappa shape index (κ1) is 25.2. The average Bonchev–Trinajstić information content (AvgIpc) is 3.58. The number of benzene rings is 2. The molecule has 5 rings (SSSR count). The van der Waals surface area contributed by atoms with E-state index in [4.69, 9.17) is 0 Å². The highest BCUT2D eigenvalue weighted by Gasteiger charge is 2.33. The van der Waals surface area contributed by atoms with Gasteiger partial charge in [0.2, 0.25) is 5.91 Å². The lowest BCUT2D eigenvalue weighted by molar-refractivity contribution is -0.138. The van der Waals surface area contributed by atoms with Crippen LogP contribution in [0.2, 0.25) is 0 Å². The molecule has 0 radical (unpaired) electrons. The number of fused-ring (bicyclic) bond motifs is 1. The molecule has 0 saturated carbocycles. The summed E-state index contributed by atoms with van der Waals surface area (Å²) < 4.78 is 43.5. The van der Waals surface area contributed by atoms with Crippen molar-refractivity contribution < 1.29 is 22.7 Å². The number of nitrogens with one attached hydrogen (secondary N) is 1. The highest BCUT2D eigenvalue weighted by Crippen LogP contribution is 2.27. The normalized spacial score (nSPS) is 17.2. The maximum Gasteiger partial charge on any atom is 0.263 e. The molecule has 9 nitrogen and oxygen atoms in total. The second kappa shape index (κ2) is 10.1. The van der Waals surface area contributed by atoms with Gasteiger partial charge in [0.25, 0.3) is 10.0 Å². The van der Waals surface area contributed by atoms with Crippen LogP contribution < -0.4 is 9.62 Å². The first-order valence-electron chi connectivity index (χ1n) is 11.7. The smallest absolute Gasteiger partial charge is 0.263 e. The minimum absolute atomic E-state index is 0.114. The Morgan fingerprint density at radius 3 is 2.70 bits per heavy atom. The molecule has 3 heterocycles. The molecular weight excluding hydrogens is 517 g/mol. The predicted molar refractivity (Wildman–Crippen MR) is 141 cm³/mol. The Labute approximate surface area is 217 Å². The van der Waals surface area contributed by atoms with Crippen LogP contribution in [0.5, 0.6) is 0 Å². The Kier molecular flexibility index (Phi) is 6.88. The monoisotopic (exact) mass is 543 g/mol. The number of hydrogen-bond donors (Lipinski definition) is 2. The molecule has 1 aliphatic rings. The lowest BCUT2D eigenvalue weighted by Gasteiger charge is -2.42. The first-order valence-corrected chi connectivity index (χ1v) is 14.1. The Hall–Kier alpha value is -3.48. The van der Waals surface area contributed by atoms with Crippen LogP contribution in [0.4, 0.5) is 15.2 Å². The zero-order valence-electron chi connectivity index (χ0n) is 20.0. The summed E-state index contributed by atoms with van der Waals surface area (Å²) in [5.41, 5.74) is 1.43. The van der Waals surface area contributed by atoms with Crippen LogP contribution in [0.25, 0.3) is 10.9 Å². The molecule has 2 aromatic carbocycles. The van der Waals surface area contributed by atoms with Crippen molar-refractivity contribution in [3.63, 3.8) is 0 Å². The standard InChI is InChI=1S/C25H26FN5O4S2/c1-17(30-11-9-21-22(26)3-2-4-23(21)30)24(33)31-13-12-29(15-19(31)16-32)18-5-7-20(8-6-18)37(34,35)28-25-27-10-14-36-25/h2-11,14,17,19,32H,12-13,15-16H2,1H3,(H,27,28)/t17-,19-/m0/s1. The van der Waals surface area contributed by atoms with Crippen LogP contribution in [0.3, 0.4) is 0 Å². The third-order valence-corrected chi connectivity index (χ3v) is 8.80. The van der Waals surface area contributed by atoms with Crippen LogP contribution >= 0.6 is 11.3 Å². The van der Waals surface area contributed by atoms with E-state index in [1.54, 1.807) is 58.3 Å². The number of aliphatic hydroxyl groups excluding tert-OH is 1. The Morgan fingerprint density at radius 2 is 2.00 bits per heavy atom. The highest BCUT2D eigenvalue weighted by atomic mass is 32.2. The second-order valence-electron chi connectivity index (χ2n) is 8.82. The molecule has 194 valence electrons. The number of thiazole rings is 1. The van der Waals surface area contributed by atoms with Crippen molar-refractivity contribution >= 4 is 49.0 Å². The predicted octanol–water partition coefficient (Wildman–Crippen LogP) is 3.31. The van der Waals surface area contributed by atoms with Crippen molar-refractivity contribution in [1.82, 2.24) is 14.5 Å². The van der Waals surface area contributed by atoms with E-state index in [2.05, 4.69) is 9.71 Å². The Morgan fingerprint density at radius 1 is 1.22 bits per heavy atom. The maximum atomic E-state index is 14.1. The summed E-state index contributed by atoms with van der Waals surface area (Å²) >= 11 is 1.19. The van der Waals surface area contributed by atoms with Crippen molar-refractivity contribution in [2.45, 2.75) is 23.9 Å². The summed E-state index contributed by atoms with van der Waals surface area (Å²) in [6, 6.07) is 11.9. The molecule has 2 aromatic heterocycles. The van der Waals surface area contributed by atoms with Crippen LogP contribution in [0.15, 0.2) is 71.2 Å². The van der Waals surface area contributed by atoms with E-state index in [1.165, 1.54) is 35.7 Å². The van der Waals surface area contributed by atoms with Gasteiger partial charge < -0.3 is 19.5 Å². The highest BCUT2D eigenvalue weighted by molar-refractivity contribution is 7.93. The molecule has 0 bridgehead atoms. The van der Waals surface area contributed by atoms with E-state index < -0.39 is 22.1 Å². The molecule has 0 aliphatic carbocycles. The average molecular weight is 544 g/mol. The number of aromatic nitrogens is 2. The molecule has 12 heteroatoms. The third kappa shape index (κ3) is 4.91. The number of anilines is 2. The summed E-state index contributed by atoms with van der Waals surface area (Å²) in [5, 5.41) is 12.5. The molecule has 1 fully saturated rings. The van der Waals surface area contributed by atoms with Gasteiger partial charge in [-0.3, -0.25) is 9.52 Å². The summed E-state index contributed by atoms with van der Waals surface area (Å²) in [6.07, 6.45) is 3.23. The number of nitrogens with zero attached hydrogens (tertiary/aromatic N) is 4. The summed E-state index contributed by atoms with van der Waals surface area (Å²) in [7, 11) is -3.75. The largest absolute Gasteiger partial charge is 0.394 e. The van der Waals surface area contributed by atoms with E-state index in [1.807, 2.05) is 4.90 Å². The lowest BCUT2D eigenvalue weighted by atomic mass is 10.1. The van der Waals surface area contributed by atoms with Crippen molar-refractivity contribution in [2.75, 3.05) is 35.9 Å². The summed E-state index contributed by atoms with van der Waals surface area (Å²) in [6.45, 7) is 2.83. The fraction of sp³-hybridized carbons (Fsp3) is 0.280. The van der Waals surface area contributed by atoms with Crippen LogP contribution in [-0.4, -0.2) is 66.2 Å². The molecule has 37 heavy (non-hydrogen) atoms. The van der Waals surface area contributed by atoms with E-state index in [9.17, 15) is 22.7 Å². The van der Waals surface area contributed by atoms with Gasteiger partial charge in [-0.15, -0.1) is 11.3 Å². The van der Waals surface area contributed by atoms with Crippen molar-refractivity contribution in [3.8, 4) is 0 Å². The number of sulfonamides is 1. The van der Waals surface area contributed by atoms with E-state index in [0.717, 1.165) is 5.69 Å². The van der Waals surface area contributed by atoms with Gasteiger partial charge in [0.05, 0.1) is 23.1 Å². The maximum absolute atomic E-state index is 14.1. The number of rotatable bonds is 7. The third-order valence-electron chi connectivity index (χ3n) is 6.63. The Bertz CT molecular complexity index is 1510. The lowest BCUT2D eigenvalue weighted by Crippen LogP contribution is -2.57. The van der Waals surface area contributed by atoms with Crippen molar-refractivity contribution in [3.05, 3.63) is 72.1 Å². The van der Waals surface area contributed by atoms with Crippen LogP contribution in [0.1, 0.15) is 13.0 Å². The number of carbonyl (C=O) groups excluding carboxylic acids is 1. The summed E-state index contributed by atoms with van der Waals surface area (Å²) in [4.78, 5) is 21.2. The zero-order valence-corrected chi connectivity index (χ0v) is 21.6. The van der Waals surface area contributed by atoms with Gasteiger partial charge in [-0.05, 0) is 49.4 Å². The number of halogens is 1. The molecule has 1 saturated heterocycles. The van der Waals surface area contributed by atoms with Crippen molar-refractivity contribution in [2.24, 2.45) is 0 Å². The van der Waals surface area contributed by atoms with E-state index >= 15 is 0 Å². The topological polar surface area (TPSA) is 108 Å². The first-order chi connectivity index (χ1) is 17.8. The van der Waals surface area contributed by atoms with E-state index in [-0.39, 0.29) is 23.2 Å². The van der Waals surface area contributed by atoms with Crippen LogP contribution in [0, 0.1) is 5.82 Å². The second-order valence-corrected chi connectivity index (χ2v) is 11.4. The van der Waals surface area contributed by atoms with E-state index in [0.29, 0.717) is 35.7 Å². The molecule has 1 aliphatic heterocycles. The Balaban J connectivity index is 1.28. The van der Waals surface area contributed by atoms with Gasteiger partial charge in [0.1, 0.15) is 11.9 Å². The number of amides is 1. The minimum atomic E-state index is -3.75. The molecule has 2 atom stereocenters. The summed E-state index contributed by atoms with van der Waals surface area (Å²) in [5.74, 6) is -0.495.